The topological polar surface area (TPSA) is 57.6 Å². The van der Waals surface area contributed by atoms with Crippen molar-refractivity contribution in [2.24, 2.45) is 0 Å². The van der Waals surface area contributed by atoms with E-state index in [0.29, 0.717) is 12.8 Å². The predicted molar refractivity (Wildman–Crippen MR) is 82.6 cm³/mol. The molecule has 4 nitrogen and oxygen atoms in total. The Hall–Kier alpha value is -1.84. The molecule has 0 bridgehead atoms. The predicted octanol–water partition coefficient (Wildman–Crippen LogP) is 3.17. The van der Waals surface area contributed by atoms with Gasteiger partial charge in [0.05, 0.1) is 0 Å². The van der Waals surface area contributed by atoms with Crippen molar-refractivity contribution < 1.29 is 14.7 Å². The second kappa shape index (κ2) is 7.25. The van der Waals surface area contributed by atoms with Crippen molar-refractivity contribution in [3.05, 3.63) is 29.3 Å². The Labute approximate surface area is 125 Å². The Morgan fingerprint density at radius 2 is 2.05 bits per heavy atom. The fourth-order valence-electron chi connectivity index (χ4n) is 2.82. The molecular formula is C17H23NO3. The van der Waals surface area contributed by atoms with E-state index in [1.54, 1.807) is 0 Å². The van der Waals surface area contributed by atoms with Crippen LogP contribution in [0, 0.1) is 0 Å². The van der Waals surface area contributed by atoms with Crippen LogP contribution >= 0.6 is 0 Å². The molecule has 1 amide bonds. The van der Waals surface area contributed by atoms with Gasteiger partial charge in [0, 0.05) is 25.1 Å². The zero-order valence-electron chi connectivity index (χ0n) is 12.6. The van der Waals surface area contributed by atoms with Crippen LogP contribution in [0.15, 0.2) is 18.2 Å². The maximum absolute atomic E-state index is 12.0. The fourth-order valence-corrected chi connectivity index (χ4v) is 2.82. The minimum atomic E-state index is -0.728. The second-order valence-corrected chi connectivity index (χ2v) is 5.61. The zero-order chi connectivity index (χ0) is 15.2. The number of rotatable bonds is 7. The van der Waals surface area contributed by atoms with E-state index in [9.17, 15) is 9.59 Å². The number of amides is 1. The molecule has 1 aliphatic heterocycles. The van der Waals surface area contributed by atoms with Crippen molar-refractivity contribution in [2.45, 2.75) is 51.9 Å². The number of anilines is 1. The molecule has 4 heteroatoms. The first kappa shape index (κ1) is 15.5. The molecule has 1 heterocycles. The molecule has 0 fully saturated rings. The first-order valence-corrected chi connectivity index (χ1v) is 7.75. The van der Waals surface area contributed by atoms with Gasteiger partial charge in [-0.1, -0.05) is 19.1 Å². The standard InChI is InChI=1S/C17H23NO3/c1-2-5-16(19)18-11-10-14-12-13(8-9-15(14)18)6-3-4-7-17(20)21/h8-9,12H,2-7,10-11H2,1H3,(H,20,21). The molecule has 0 aromatic heterocycles. The molecule has 2 rings (SSSR count). The molecule has 1 aromatic carbocycles. The van der Waals surface area contributed by atoms with Gasteiger partial charge in [-0.25, -0.2) is 0 Å². The van der Waals surface area contributed by atoms with Gasteiger partial charge in [0.1, 0.15) is 0 Å². The van der Waals surface area contributed by atoms with Crippen LogP contribution in [-0.4, -0.2) is 23.5 Å². The SMILES string of the molecule is CCCC(=O)N1CCc2cc(CCCCC(=O)O)ccc21. The summed E-state index contributed by atoms with van der Waals surface area (Å²) in [5.74, 6) is -0.514. The van der Waals surface area contributed by atoms with Crippen molar-refractivity contribution in [3.63, 3.8) is 0 Å². The summed E-state index contributed by atoms with van der Waals surface area (Å²) in [4.78, 5) is 24.4. The molecule has 21 heavy (non-hydrogen) atoms. The van der Waals surface area contributed by atoms with Gasteiger partial charge in [-0.2, -0.15) is 0 Å². The zero-order valence-corrected chi connectivity index (χ0v) is 12.6. The van der Waals surface area contributed by atoms with E-state index < -0.39 is 5.97 Å². The molecule has 0 saturated heterocycles. The molecule has 1 aromatic rings. The van der Waals surface area contributed by atoms with Gasteiger partial charge in [-0.3, -0.25) is 9.59 Å². The molecule has 0 radical (unpaired) electrons. The van der Waals surface area contributed by atoms with Crippen LogP contribution in [0.5, 0.6) is 0 Å². The van der Waals surface area contributed by atoms with Crippen LogP contribution in [-0.2, 0) is 22.4 Å². The number of aryl methyl sites for hydroxylation is 1. The van der Waals surface area contributed by atoms with Crippen molar-refractivity contribution in [3.8, 4) is 0 Å². The number of carboxylic acids is 1. The smallest absolute Gasteiger partial charge is 0.303 e. The minimum Gasteiger partial charge on any atom is -0.481 e. The monoisotopic (exact) mass is 289 g/mol. The summed E-state index contributed by atoms with van der Waals surface area (Å²) in [7, 11) is 0. The van der Waals surface area contributed by atoms with Gasteiger partial charge in [0.2, 0.25) is 5.91 Å². The van der Waals surface area contributed by atoms with E-state index in [0.717, 1.165) is 37.9 Å². The number of benzene rings is 1. The molecule has 0 spiro atoms. The number of fused-ring (bicyclic) bond motifs is 1. The molecule has 1 aliphatic rings. The summed E-state index contributed by atoms with van der Waals surface area (Å²) in [6.07, 6.45) is 5.17. The Morgan fingerprint density at radius 3 is 2.76 bits per heavy atom. The summed E-state index contributed by atoms with van der Waals surface area (Å²) in [5.41, 5.74) is 3.54. The van der Waals surface area contributed by atoms with Gasteiger partial charge in [-0.05, 0) is 49.3 Å². The van der Waals surface area contributed by atoms with Gasteiger partial charge in [0.15, 0.2) is 0 Å². The lowest BCUT2D eigenvalue weighted by atomic mass is 10.0. The number of hydrogen-bond donors (Lipinski definition) is 1. The van der Waals surface area contributed by atoms with E-state index in [1.165, 1.54) is 11.1 Å². The Balaban J connectivity index is 1.95. The van der Waals surface area contributed by atoms with Gasteiger partial charge in [0.25, 0.3) is 0 Å². The highest BCUT2D eigenvalue weighted by molar-refractivity contribution is 5.95. The first-order valence-electron chi connectivity index (χ1n) is 7.75. The Bertz CT molecular complexity index is 525. The number of carbonyl (C=O) groups is 2. The highest BCUT2D eigenvalue weighted by atomic mass is 16.4. The minimum absolute atomic E-state index is 0.213. The van der Waals surface area contributed by atoms with Crippen LogP contribution < -0.4 is 4.90 Å². The summed E-state index contributed by atoms with van der Waals surface area (Å²) in [6, 6.07) is 6.29. The van der Waals surface area contributed by atoms with Crippen LogP contribution in [0.2, 0.25) is 0 Å². The van der Waals surface area contributed by atoms with E-state index in [2.05, 4.69) is 12.1 Å². The second-order valence-electron chi connectivity index (χ2n) is 5.61. The number of aliphatic carboxylic acids is 1. The molecule has 0 aliphatic carbocycles. The largest absolute Gasteiger partial charge is 0.481 e. The first-order chi connectivity index (χ1) is 10.1. The van der Waals surface area contributed by atoms with Crippen LogP contribution in [0.3, 0.4) is 0 Å². The normalized spacial score (nSPS) is 13.3. The summed E-state index contributed by atoms with van der Waals surface area (Å²) < 4.78 is 0. The number of carbonyl (C=O) groups excluding carboxylic acids is 1. The quantitative estimate of drug-likeness (QED) is 0.784. The van der Waals surface area contributed by atoms with Gasteiger partial charge >= 0.3 is 5.97 Å². The lowest BCUT2D eigenvalue weighted by molar-refractivity contribution is -0.137. The van der Waals surface area contributed by atoms with E-state index in [1.807, 2.05) is 17.9 Å². The Kier molecular flexibility index (Phi) is 5.37. The lowest BCUT2D eigenvalue weighted by Crippen LogP contribution is -2.28. The summed E-state index contributed by atoms with van der Waals surface area (Å²) in [6.45, 7) is 2.81. The van der Waals surface area contributed by atoms with Crippen molar-refractivity contribution >= 4 is 17.6 Å². The van der Waals surface area contributed by atoms with Crippen molar-refractivity contribution in [1.82, 2.24) is 0 Å². The van der Waals surface area contributed by atoms with E-state index >= 15 is 0 Å². The van der Waals surface area contributed by atoms with Crippen LogP contribution in [0.25, 0.3) is 0 Å². The molecule has 0 atom stereocenters. The maximum atomic E-state index is 12.0. The summed E-state index contributed by atoms with van der Waals surface area (Å²) >= 11 is 0. The van der Waals surface area contributed by atoms with Gasteiger partial charge in [-0.15, -0.1) is 0 Å². The third kappa shape index (κ3) is 4.06. The average molecular weight is 289 g/mol. The highest BCUT2D eigenvalue weighted by Gasteiger charge is 2.23. The highest BCUT2D eigenvalue weighted by Crippen LogP contribution is 2.30. The average Bonchev–Trinajstić information content (AvgIpc) is 2.87. The van der Waals surface area contributed by atoms with Gasteiger partial charge < -0.3 is 10.0 Å². The lowest BCUT2D eigenvalue weighted by Gasteiger charge is -2.17. The fraction of sp³-hybridized carbons (Fsp3) is 0.529. The third-order valence-corrected chi connectivity index (χ3v) is 3.91. The van der Waals surface area contributed by atoms with E-state index in [4.69, 9.17) is 5.11 Å². The van der Waals surface area contributed by atoms with Crippen molar-refractivity contribution in [1.29, 1.82) is 0 Å². The van der Waals surface area contributed by atoms with E-state index in [-0.39, 0.29) is 12.3 Å². The number of unbranched alkanes of at least 4 members (excludes halogenated alkanes) is 1. The molecular weight excluding hydrogens is 266 g/mol. The van der Waals surface area contributed by atoms with Crippen molar-refractivity contribution in [2.75, 3.05) is 11.4 Å². The van der Waals surface area contributed by atoms with Crippen LogP contribution in [0.1, 0.15) is 50.2 Å². The molecule has 0 unspecified atom stereocenters. The third-order valence-electron chi connectivity index (χ3n) is 3.91. The summed E-state index contributed by atoms with van der Waals surface area (Å²) in [5, 5.41) is 8.62. The molecule has 114 valence electrons. The maximum Gasteiger partial charge on any atom is 0.303 e. The Morgan fingerprint density at radius 1 is 1.24 bits per heavy atom. The van der Waals surface area contributed by atoms with Crippen LogP contribution in [0.4, 0.5) is 5.69 Å². The number of nitrogens with zero attached hydrogens (tertiary/aromatic N) is 1. The molecule has 0 saturated carbocycles. The molecule has 1 N–H and O–H groups in total. The number of carboxylic acid groups (broad SMARTS) is 1. The number of hydrogen-bond acceptors (Lipinski definition) is 2.